The summed E-state index contributed by atoms with van der Waals surface area (Å²) in [7, 11) is 1.36. The number of benzene rings is 2. The largest absolute Gasteiger partial charge is 0.508 e. The standard InChI is InChI=1S/C32H39N3O5/c1-40-31(39)24-4-2-3-22(13-24)23-5-6-28(36)27(14-23)20-34-7-9-35(10-8-34)30(38)19-33-29(37)18-32-15-21-11-25(16-32)26(12-21)17-32/h2-6,13-14,21,25-26,36H,7-12,15-20H2,1H3,(H,33,37). The van der Waals surface area contributed by atoms with Crippen molar-refractivity contribution in [3.05, 3.63) is 53.6 Å². The maximum Gasteiger partial charge on any atom is 0.337 e. The van der Waals surface area contributed by atoms with E-state index >= 15 is 0 Å². The Bertz CT molecular complexity index is 1280. The van der Waals surface area contributed by atoms with Gasteiger partial charge >= 0.3 is 5.97 Å². The number of hydrogen-bond acceptors (Lipinski definition) is 6. The maximum atomic E-state index is 12.8. The van der Waals surface area contributed by atoms with Gasteiger partial charge in [0.05, 0.1) is 19.2 Å². The Balaban J connectivity index is 0.984. The van der Waals surface area contributed by atoms with Gasteiger partial charge in [-0.3, -0.25) is 14.5 Å². The van der Waals surface area contributed by atoms with Crippen LogP contribution in [0.2, 0.25) is 0 Å². The maximum absolute atomic E-state index is 12.8. The molecule has 2 N–H and O–H groups in total. The molecule has 1 heterocycles. The number of ether oxygens (including phenoxy) is 1. The summed E-state index contributed by atoms with van der Waals surface area (Å²) in [4.78, 5) is 41.6. The van der Waals surface area contributed by atoms with Crippen LogP contribution in [-0.4, -0.2) is 72.5 Å². The quantitative estimate of drug-likeness (QED) is 0.490. The average molecular weight is 546 g/mol. The minimum absolute atomic E-state index is 0.0291. The van der Waals surface area contributed by atoms with Gasteiger partial charge in [-0.15, -0.1) is 0 Å². The van der Waals surface area contributed by atoms with Gasteiger partial charge in [0.25, 0.3) is 0 Å². The first-order chi connectivity index (χ1) is 19.3. The molecule has 2 unspecified atom stereocenters. The fraction of sp³-hybridized carbons (Fsp3) is 0.531. The van der Waals surface area contributed by atoms with Gasteiger partial charge in [-0.25, -0.2) is 4.79 Å². The van der Waals surface area contributed by atoms with Crippen LogP contribution in [0.25, 0.3) is 11.1 Å². The van der Waals surface area contributed by atoms with Gasteiger partial charge in [-0.1, -0.05) is 18.2 Å². The number of piperazine rings is 1. The number of phenols is 1. The van der Waals surface area contributed by atoms with E-state index in [4.69, 9.17) is 4.74 Å². The van der Waals surface area contributed by atoms with Crippen molar-refractivity contribution in [2.75, 3.05) is 39.8 Å². The van der Waals surface area contributed by atoms with Gasteiger partial charge in [0.1, 0.15) is 5.75 Å². The molecule has 0 radical (unpaired) electrons. The van der Waals surface area contributed by atoms with Gasteiger partial charge in [0, 0.05) is 44.7 Å². The van der Waals surface area contributed by atoms with E-state index in [1.807, 2.05) is 29.2 Å². The van der Waals surface area contributed by atoms with Gasteiger partial charge in [0.15, 0.2) is 0 Å². The number of nitrogens with zero attached hydrogens (tertiary/aromatic N) is 2. The summed E-state index contributed by atoms with van der Waals surface area (Å²) < 4.78 is 4.83. The molecule has 2 atom stereocenters. The van der Waals surface area contributed by atoms with Crippen LogP contribution < -0.4 is 5.32 Å². The highest BCUT2D eigenvalue weighted by Gasteiger charge is 2.56. The fourth-order valence-corrected chi connectivity index (χ4v) is 8.12. The van der Waals surface area contributed by atoms with Gasteiger partial charge in [0.2, 0.25) is 11.8 Å². The zero-order chi connectivity index (χ0) is 27.9. The molecule has 1 aliphatic heterocycles. The van der Waals surface area contributed by atoms with E-state index in [0.717, 1.165) is 34.4 Å². The Morgan fingerprint density at radius 3 is 2.40 bits per heavy atom. The van der Waals surface area contributed by atoms with Gasteiger partial charge in [-0.05, 0) is 90.7 Å². The predicted octanol–water partition coefficient (Wildman–Crippen LogP) is 3.82. The molecule has 2 amide bonds. The molecule has 8 nitrogen and oxygen atoms in total. The van der Waals surface area contributed by atoms with Crippen LogP contribution in [0.3, 0.4) is 0 Å². The number of hydrogen-bond donors (Lipinski definition) is 2. The lowest BCUT2D eigenvalue weighted by Gasteiger charge is -2.38. The summed E-state index contributed by atoms with van der Waals surface area (Å²) in [5.74, 6) is 2.33. The molecule has 2 aromatic carbocycles. The summed E-state index contributed by atoms with van der Waals surface area (Å²) in [5.41, 5.74) is 3.24. The Hall–Kier alpha value is -3.39. The van der Waals surface area contributed by atoms with E-state index < -0.39 is 0 Å². The Kier molecular flexibility index (Phi) is 7.29. The molecule has 8 heteroatoms. The molecule has 4 saturated carbocycles. The second-order valence-electron chi connectivity index (χ2n) is 12.5. The number of aromatic hydroxyl groups is 1. The third-order valence-electron chi connectivity index (χ3n) is 9.84. The molecular weight excluding hydrogens is 506 g/mol. The van der Waals surface area contributed by atoms with E-state index in [9.17, 15) is 19.5 Å². The highest BCUT2D eigenvalue weighted by Crippen LogP contribution is 2.65. The summed E-state index contributed by atoms with van der Waals surface area (Å²) >= 11 is 0. The topological polar surface area (TPSA) is 99.2 Å². The van der Waals surface area contributed by atoms with Crippen LogP contribution in [-0.2, 0) is 20.9 Å². The van der Waals surface area contributed by atoms with E-state index in [2.05, 4.69) is 10.2 Å². The van der Waals surface area contributed by atoms with E-state index in [1.165, 1.54) is 39.2 Å². The number of esters is 1. The Morgan fingerprint density at radius 2 is 1.70 bits per heavy atom. The molecule has 212 valence electrons. The van der Waals surface area contributed by atoms with Crippen molar-refractivity contribution in [3.8, 4) is 16.9 Å². The molecule has 40 heavy (non-hydrogen) atoms. The normalized spacial score (nSPS) is 27.1. The molecule has 4 bridgehead atoms. The second-order valence-corrected chi connectivity index (χ2v) is 12.5. The molecule has 5 aliphatic rings. The van der Waals surface area contributed by atoms with Crippen LogP contribution in [0.1, 0.15) is 54.4 Å². The fourth-order valence-electron chi connectivity index (χ4n) is 8.12. The molecule has 1 saturated heterocycles. The Labute approximate surface area is 235 Å². The summed E-state index contributed by atoms with van der Waals surface area (Å²) in [6.45, 7) is 3.18. The molecule has 4 aliphatic carbocycles. The van der Waals surface area contributed by atoms with Crippen LogP contribution in [0.5, 0.6) is 5.75 Å². The molecule has 7 rings (SSSR count). The molecule has 0 spiro atoms. The third kappa shape index (κ3) is 5.46. The highest BCUT2D eigenvalue weighted by molar-refractivity contribution is 5.91. The van der Waals surface area contributed by atoms with Gasteiger partial charge in [-0.2, -0.15) is 0 Å². The number of amides is 2. The van der Waals surface area contributed by atoms with E-state index in [0.29, 0.717) is 44.7 Å². The highest BCUT2D eigenvalue weighted by atomic mass is 16.5. The first kappa shape index (κ1) is 26.8. The molecule has 2 aromatic rings. The van der Waals surface area contributed by atoms with Crippen LogP contribution in [0, 0.1) is 23.2 Å². The monoisotopic (exact) mass is 545 g/mol. The lowest BCUT2D eigenvalue weighted by molar-refractivity contribution is -0.135. The van der Waals surface area contributed by atoms with Crippen molar-refractivity contribution in [1.29, 1.82) is 0 Å². The zero-order valence-electron chi connectivity index (χ0n) is 23.2. The lowest BCUT2D eigenvalue weighted by Crippen LogP contribution is -2.51. The predicted molar refractivity (Wildman–Crippen MR) is 150 cm³/mol. The van der Waals surface area contributed by atoms with Crippen molar-refractivity contribution in [2.45, 2.75) is 45.1 Å². The number of rotatable bonds is 8. The summed E-state index contributed by atoms with van der Waals surface area (Å²) in [5, 5.41) is 13.4. The van der Waals surface area contributed by atoms with Crippen molar-refractivity contribution in [1.82, 2.24) is 15.1 Å². The SMILES string of the molecule is COC(=O)c1cccc(-c2ccc(O)c(CN3CCN(C(=O)CNC(=O)CC45CC6CC(C4)C(C6)C5)CC3)c2)c1. The summed E-state index contributed by atoms with van der Waals surface area (Å²) in [6, 6.07) is 12.7. The minimum Gasteiger partial charge on any atom is -0.508 e. The number of methoxy groups -OCH3 is 1. The first-order valence-corrected chi connectivity index (χ1v) is 14.6. The van der Waals surface area contributed by atoms with Crippen LogP contribution in [0.4, 0.5) is 0 Å². The average Bonchev–Trinajstić information content (AvgIpc) is 3.38. The minimum atomic E-state index is -0.389. The Morgan fingerprint density at radius 1 is 0.975 bits per heavy atom. The third-order valence-corrected chi connectivity index (χ3v) is 9.84. The zero-order valence-corrected chi connectivity index (χ0v) is 23.2. The van der Waals surface area contributed by atoms with Crippen LogP contribution in [0.15, 0.2) is 42.5 Å². The first-order valence-electron chi connectivity index (χ1n) is 14.6. The number of carbonyl (C=O) groups is 3. The number of carbonyl (C=O) groups excluding carboxylic acids is 3. The van der Waals surface area contributed by atoms with Crippen molar-refractivity contribution < 1.29 is 24.2 Å². The number of nitrogens with one attached hydrogen (secondary N) is 1. The molecule has 0 aromatic heterocycles. The van der Waals surface area contributed by atoms with Crippen molar-refractivity contribution >= 4 is 17.8 Å². The van der Waals surface area contributed by atoms with Crippen LogP contribution >= 0.6 is 0 Å². The number of phenolic OH excluding ortho intramolecular Hbond substituents is 1. The summed E-state index contributed by atoms with van der Waals surface area (Å²) in [6.07, 6.45) is 6.92. The molecular formula is C32H39N3O5. The van der Waals surface area contributed by atoms with E-state index in [1.54, 1.807) is 18.2 Å². The van der Waals surface area contributed by atoms with E-state index in [-0.39, 0.29) is 35.5 Å². The van der Waals surface area contributed by atoms with Crippen molar-refractivity contribution in [2.24, 2.45) is 23.2 Å². The smallest absolute Gasteiger partial charge is 0.337 e. The second kappa shape index (κ2) is 10.9. The lowest BCUT2D eigenvalue weighted by atomic mass is 9.67. The van der Waals surface area contributed by atoms with Crippen molar-refractivity contribution in [3.63, 3.8) is 0 Å². The van der Waals surface area contributed by atoms with Gasteiger partial charge < -0.3 is 20.1 Å². The molecule has 5 fully saturated rings.